The molecule has 1 aliphatic heterocycles. The summed E-state index contributed by atoms with van der Waals surface area (Å²) in [5.74, 6) is -1.27. The molecule has 33 heavy (non-hydrogen) atoms. The Bertz CT molecular complexity index is 1150. The van der Waals surface area contributed by atoms with Crippen LogP contribution in [0.25, 0.3) is 5.69 Å². The van der Waals surface area contributed by atoms with Gasteiger partial charge in [0, 0.05) is 30.4 Å². The van der Waals surface area contributed by atoms with E-state index in [1.165, 1.54) is 30.2 Å². The van der Waals surface area contributed by atoms with Crippen LogP contribution in [0.1, 0.15) is 47.2 Å². The lowest BCUT2D eigenvalue weighted by Crippen LogP contribution is -2.52. The van der Waals surface area contributed by atoms with Crippen molar-refractivity contribution in [2.24, 2.45) is 0 Å². The summed E-state index contributed by atoms with van der Waals surface area (Å²) in [6.45, 7) is 5.81. The van der Waals surface area contributed by atoms with E-state index in [2.05, 4.69) is 25.5 Å². The second kappa shape index (κ2) is 8.80. The highest BCUT2D eigenvalue weighted by Gasteiger charge is 2.36. The van der Waals surface area contributed by atoms with Crippen LogP contribution in [-0.4, -0.2) is 54.4 Å². The van der Waals surface area contributed by atoms with Gasteiger partial charge in [0.05, 0.1) is 23.6 Å². The maximum atomic E-state index is 13.6. The fraction of sp³-hybridized carbons (Fsp3) is 0.409. The lowest BCUT2D eigenvalue weighted by Gasteiger charge is -2.40. The number of nitrogens with one attached hydrogen (secondary N) is 1. The highest BCUT2D eigenvalue weighted by Crippen LogP contribution is 2.29. The quantitative estimate of drug-likeness (QED) is 0.639. The fourth-order valence-electron chi connectivity index (χ4n) is 4.07. The molecule has 1 aliphatic rings. The number of anilines is 1. The largest absolute Gasteiger partial charge is 0.451 e. The molecule has 2 aromatic heterocycles. The monoisotopic (exact) mass is 459 g/mol. The maximum Gasteiger partial charge on any atom is 0.451 e. The standard InChI is InChI=1S/C22H24F3N7O/c1-13-6-7-18(32-26-8-9-27-32)16(11-13)20(33)31-10-4-5-17(15(31)3)29-19-12-14(2)28-21(30-19)22(23,24)25/h6-9,11-12,15,17H,4-5,10H2,1-3H3,(H,28,29,30)/t15-,17+/m0/s1. The van der Waals surface area contributed by atoms with Gasteiger partial charge in [-0.05, 0) is 45.7 Å². The van der Waals surface area contributed by atoms with Gasteiger partial charge in [-0.25, -0.2) is 9.97 Å². The van der Waals surface area contributed by atoms with E-state index in [9.17, 15) is 18.0 Å². The number of piperidine rings is 1. The van der Waals surface area contributed by atoms with Crippen LogP contribution in [-0.2, 0) is 6.18 Å². The number of alkyl halides is 3. The molecule has 8 nitrogen and oxygen atoms in total. The molecule has 174 valence electrons. The van der Waals surface area contributed by atoms with Gasteiger partial charge in [0.25, 0.3) is 5.91 Å². The molecule has 0 aliphatic carbocycles. The van der Waals surface area contributed by atoms with E-state index >= 15 is 0 Å². The van der Waals surface area contributed by atoms with Crippen molar-refractivity contribution in [3.63, 3.8) is 0 Å². The lowest BCUT2D eigenvalue weighted by molar-refractivity contribution is -0.145. The Morgan fingerprint density at radius 3 is 2.55 bits per heavy atom. The molecule has 1 amide bonds. The molecule has 3 heterocycles. The molecule has 3 aromatic rings. The molecule has 1 saturated heterocycles. The van der Waals surface area contributed by atoms with Crippen molar-refractivity contribution in [2.45, 2.75) is 51.9 Å². The molecule has 0 saturated carbocycles. The van der Waals surface area contributed by atoms with E-state index in [0.717, 1.165) is 5.56 Å². The van der Waals surface area contributed by atoms with Gasteiger partial charge < -0.3 is 10.2 Å². The molecule has 0 bridgehead atoms. The summed E-state index contributed by atoms with van der Waals surface area (Å²) in [5, 5.41) is 11.4. The molecule has 0 unspecified atom stereocenters. The number of halogens is 3. The number of aromatic nitrogens is 5. The van der Waals surface area contributed by atoms with Gasteiger partial charge in [0.1, 0.15) is 5.82 Å². The van der Waals surface area contributed by atoms with Gasteiger partial charge in [0.15, 0.2) is 0 Å². The molecule has 1 aromatic carbocycles. The van der Waals surface area contributed by atoms with Crippen LogP contribution in [0.5, 0.6) is 0 Å². The molecule has 0 spiro atoms. The minimum atomic E-state index is -4.63. The SMILES string of the molecule is Cc1ccc(-n2nccn2)c(C(=O)N2CCC[C@@H](Nc3cc(C)nc(C(F)(F)F)n3)[C@@H]2C)c1. The zero-order valence-electron chi connectivity index (χ0n) is 18.5. The Morgan fingerprint density at radius 2 is 1.85 bits per heavy atom. The minimum absolute atomic E-state index is 0.0953. The summed E-state index contributed by atoms with van der Waals surface area (Å²) in [5.41, 5.74) is 2.17. The summed E-state index contributed by atoms with van der Waals surface area (Å²) < 4.78 is 39.4. The van der Waals surface area contributed by atoms with E-state index in [1.807, 2.05) is 19.9 Å². The van der Waals surface area contributed by atoms with Crippen LogP contribution in [0.15, 0.2) is 36.7 Å². The molecule has 1 N–H and O–H groups in total. The Kier molecular flexibility index (Phi) is 6.05. The zero-order valence-corrected chi connectivity index (χ0v) is 18.5. The number of benzene rings is 1. The Balaban J connectivity index is 1.59. The van der Waals surface area contributed by atoms with Crippen molar-refractivity contribution in [3.8, 4) is 5.69 Å². The van der Waals surface area contributed by atoms with Gasteiger partial charge in [-0.2, -0.15) is 28.2 Å². The molecular formula is C22H24F3N7O. The summed E-state index contributed by atoms with van der Waals surface area (Å²) in [4.78, 5) is 23.8. The van der Waals surface area contributed by atoms with Crippen LogP contribution < -0.4 is 5.32 Å². The van der Waals surface area contributed by atoms with Crippen molar-refractivity contribution in [1.82, 2.24) is 29.9 Å². The van der Waals surface area contributed by atoms with Crippen LogP contribution in [0.2, 0.25) is 0 Å². The van der Waals surface area contributed by atoms with Crippen molar-refractivity contribution >= 4 is 11.7 Å². The maximum absolute atomic E-state index is 13.6. The first-order chi connectivity index (χ1) is 15.6. The van der Waals surface area contributed by atoms with E-state index in [1.54, 1.807) is 17.0 Å². The van der Waals surface area contributed by atoms with E-state index in [0.29, 0.717) is 30.6 Å². The number of hydrogen-bond acceptors (Lipinski definition) is 6. The lowest BCUT2D eigenvalue weighted by atomic mass is 9.95. The highest BCUT2D eigenvalue weighted by atomic mass is 19.4. The first-order valence-corrected chi connectivity index (χ1v) is 10.6. The Hall–Kier alpha value is -3.50. The summed E-state index contributed by atoms with van der Waals surface area (Å²) in [7, 11) is 0. The smallest absolute Gasteiger partial charge is 0.365 e. The molecule has 2 atom stereocenters. The minimum Gasteiger partial charge on any atom is -0.365 e. The summed E-state index contributed by atoms with van der Waals surface area (Å²) in [6.07, 6.45) is -0.167. The second-order valence-corrected chi connectivity index (χ2v) is 8.19. The number of nitrogens with zero attached hydrogens (tertiary/aromatic N) is 6. The van der Waals surface area contributed by atoms with Crippen LogP contribution >= 0.6 is 0 Å². The van der Waals surface area contributed by atoms with Gasteiger partial charge in [-0.1, -0.05) is 11.6 Å². The Labute approximate surface area is 188 Å². The number of likely N-dealkylation sites (tertiary alicyclic amines) is 1. The van der Waals surface area contributed by atoms with Gasteiger partial charge in [0.2, 0.25) is 5.82 Å². The fourth-order valence-corrected chi connectivity index (χ4v) is 4.07. The number of aryl methyl sites for hydroxylation is 2. The van der Waals surface area contributed by atoms with Crippen LogP contribution in [0.3, 0.4) is 0 Å². The highest BCUT2D eigenvalue weighted by molar-refractivity contribution is 5.98. The average Bonchev–Trinajstić information content (AvgIpc) is 3.28. The van der Waals surface area contributed by atoms with Gasteiger partial charge in [-0.15, -0.1) is 0 Å². The molecule has 0 radical (unpaired) electrons. The van der Waals surface area contributed by atoms with E-state index in [-0.39, 0.29) is 29.5 Å². The predicted octanol–water partition coefficient (Wildman–Crippen LogP) is 3.80. The van der Waals surface area contributed by atoms with E-state index in [4.69, 9.17) is 0 Å². The molecule has 4 rings (SSSR count). The molecule has 11 heteroatoms. The second-order valence-electron chi connectivity index (χ2n) is 8.19. The predicted molar refractivity (Wildman–Crippen MR) is 115 cm³/mol. The summed E-state index contributed by atoms with van der Waals surface area (Å²) in [6, 6.07) is 6.41. The van der Waals surface area contributed by atoms with Gasteiger partial charge in [-0.3, -0.25) is 4.79 Å². The third-order valence-electron chi connectivity index (χ3n) is 5.71. The normalized spacial score (nSPS) is 18.9. The first-order valence-electron chi connectivity index (χ1n) is 10.6. The third-order valence-corrected chi connectivity index (χ3v) is 5.71. The number of amides is 1. The average molecular weight is 459 g/mol. The molecular weight excluding hydrogens is 435 g/mol. The number of carbonyl (C=O) groups excluding carboxylic acids is 1. The van der Waals surface area contributed by atoms with Crippen molar-refractivity contribution < 1.29 is 18.0 Å². The van der Waals surface area contributed by atoms with Crippen LogP contribution in [0.4, 0.5) is 19.0 Å². The number of hydrogen-bond donors (Lipinski definition) is 1. The van der Waals surface area contributed by atoms with Crippen molar-refractivity contribution in [1.29, 1.82) is 0 Å². The third kappa shape index (κ3) is 4.81. The van der Waals surface area contributed by atoms with Crippen molar-refractivity contribution in [3.05, 3.63) is 59.3 Å². The summed E-state index contributed by atoms with van der Waals surface area (Å²) >= 11 is 0. The first kappa shape index (κ1) is 22.7. The van der Waals surface area contributed by atoms with E-state index < -0.39 is 12.0 Å². The molecule has 1 fully saturated rings. The van der Waals surface area contributed by atoms with Crippen LogP contribution in [0, 0.1) is 13.8 Å². The van der Waals surface area contributed by atoms with Gasteiger partial charge >= 0.3 is 6.18 Å². The zero-order chi connectivity index (χ0) is 23.8. The topological polar surface area (TPSA) is 88.8 Å². The number of carbonyl (C=O) groups is 1. The van der Waals surface area contributed by atoms with Crippen molar-refractivity contribution in [2.75, 3.05) is 11.9 Å². The Morgan fingerprint density at radius 1 is 1.12 bits per heavy atom. The number of rotatable bonds is 4.